The number of rotatable bonds is 4. The van der Waals surface area contributed by atoms with Crippen LogP contribution in [0.2, 0.25) is 10.0 Å². The first-order valence-electron chi connectivity index (χ1n) is 7.24. The molecule has 0 N–H and O–H groups in total. The lowest BCUT2D eigenvalue weighted by molar-refractivity contribution is -0.137. The molecule has 0 amide bonds. The zero-order valence-corrected chi connectivity index (χ0v) is 15.4. The van der Waals surface area contributed by atoms with E-state index in [4.69, 9.17) is 23.2 Å². The first-order valence-corrected chi connectivity index (χ1v) is 8.88. The van der Waals surface area contributed by atoms with Crippen molar-refractivity contribution < 1.29 is 18.0 Å². The van der Waals surface area contributed by atoms with Gasteiger partial charge in [-0.2, -0.15) is 13.2 Å². The molecule has 3 rings (SSSR count). The molecule has 10 heteroatoms. The quantitative estimate of drug-likeness (QED) is 0.418. The Morgan fingerprint density at radius 2 is 1.85 bits per heavy atom. The van der Waals surface area contributed by atoms with Gasteiger partial charge in [-0.3, -0.25) is 9.20 Å². The summed E-state index contributed by atoms with van der Waals surface area (Å²) < 4.78 is 40.1. The Hall–Kier alpha value is -1.77. The van der Waals surface area contributed by atoms with Crippen LogP contribution >= 0.6 is 35.0 Å². The number of thioether (sulfide) groups is 1. The molecule has 0 saturated carbocycles. The summed E-state index contributed by atoms with van der Waals surface area (Å²) in [6.07, 6.45) is -3.70. The molecule has 4 nitrogen and oxygen atoms in total. The minimum absolute atomic E-state index is 0.0910. The Balaban J connectivity index is 1.92. The van der Waals surface area contributed by atoms with Crippen LogP contribution in [0.15, 0.2) is 41.7 Å². The fourth-order valence-electron chi connectivity index (χ4n) is 2.23. The summed E-state index contributed by atoms with van der Waals surface area (Å²) in [7, 11) is 0. The highest BCUT2D eigenvalue weighted by Crippen LogP contribution is 2.34. The standard InChI is InChI=1S/C16H10Cl2F3N3OS/c1-8(13(25)9-2-4-11(17)5-3-9)26-15-23-22-14-12(18)6-10(7-24(14)15)16(19,20)21/h2-8H,1H3. The predicted molar refractivity (Wildman–Crippen MR) is 94.1 cm³/mol. The van der Waals surface area contributed by atoms with Gasteiger partial charge in [0.05, 0.1) is 15.8 Å². The molecule has 1 unspecified atom stereocenters. The van der Waals surface area contributed by atoms with Crippen LogP contribution < -0.4 is 0 Å². The minimum Gasteiger partial charge on any atom is -0.293 e. The van der Waals surface area contributed by atoms with Crippen molar-refractivity contribution in [1.82, 2.24) is 14.6 Å². The van der Waals surface area contributed by atoms with Crippen LogP contribution in [0.4, 0.5) is 13.2 Å². The second-order valence-electron chi connectivity index (χ2n) is 5.38. The molecule has 0 aliphatic heterocycles. The molecule has 2 aromatic heterocycles. The molecular formula is C16H10Cl2F3N3OS. The zero-order valence-electron chi connectivity index (χ0n) is 13.1. The van der Waals surface area contributed by atoms with Crippen molar-refractivity contribution in [2.45, 2.75) is 23.5 Å². The summed E-state index contributed by atoms with van der Waals surface area (Å²) in [6.45, 7) is 1.64. The molecule has 3 aromatic rings. The lowest BCUT2D eigenvalue weighted by Gasteiger charge is -2.11. The second-order valence-corrected chi connectivity index (χ2v) is 7.53. The molecule has 1 aromatic carbocycles. The average Bonchev–Trinajstić information content (AvgIpc) is 2.97. The maximum absolute atomic E-state index is 13.0. The van der Waals surface area contributed by atoms with Crippen molar-refractivity contribution in [1.29, 1.82) is 0 Å². The van der Waals surface area contributed by atoms with Crippen molar-refractivity contribution in [2.24, 2.45) is 0 Å². The monoisotopic (exact) mass is 419 g/mol. The lowest BCUT2D eigenvalue weighted by atomic mass is 10.1. The predicted octanol–water partition coefficient (Wildman–Crippen LogP) is 5.42. The number of pyridine rings is 1. The number of benzene rings is 1. The van der Waals surface area contributed by atoms with Crippen molar-refractivity contribution in [3.63, 3.8) is 0 Å². The van der Waals surface area contributed by atoms with E-state index in [1.165, 1.54) is 0 Å². The van der Waals surface area contributed by atoms with Gasteiger partial charge in [0.2, 0.25) is 0 Å². The number of carbonyl (C=O) groups excluding carboxylic acids is 1. The summed E-state index contributed by atoms with van der Waals surface area (Å²) >= 11 is 12.7. The van der Waals surface area contributed by atoms with E-state index in [0.29, 0.717) is 10.6 Å². The number of alkyl halides is 3. The van der Waals surface area contributed by atoms with Gasteiger partial charge in [0.15, 0.2) is 16.6 Å². The van der Waals surface area contributed by atoms with Crippen molar-refractivity contribution in [3.8, 4) is 0 Å². The van der Waals surface area contributed by atoms with Crippen LogP contribution in [0.5, 0.6) is 0 Å². The number of nitrogens with zero attached hydrogens (tertiary/aromatic N) is 3. The van der Waals surface area contributed by atoms with Crippen LogP contribution in [0, 0.1) is 0 Å². The van der Waals surface area contributed by atoms with Crippen molar-refractivity contribution in [2.75, 3.05) is 0 Å². The summed E-state index contributed by atoms with van der Waals surface area (Å²) in [6, 6.07) is 7.15. The van der Waals surface area contributed by atoms with E-state index in [2.05, 4.69) is 10.2 Å². The van der Waals surface area contributed by atoms with Crippen LogP contribution in [-0.2, 0) is 6.18 Å². The Labute approximate surface area is 160 Å². The summed E-state index contributed by atoms with van der Waals surface area (Å²) in [5.74, 6) is -0.207. The fourth-order valence-corrected chi connectivity index (χ4v) is 3.50. The number of carbonyl (C=O) groups is 1. The van der Waals surface area contributed by atoms with Crippen LogP contribution in [0.25, 0.3) is 5.65 Å². The molecular weight excluding hydrogens is 410 g/mol. The van der Waals surface area contributed by atoms with Crippen molar-refractivity contribution in [3.05, 3.63) is 57.7 Å². The maximum atomic E-state index is 13.0. The zero-order chi connectivity index (χ0) is 19.1. The van der Waals surface area contributed by atoms with E-state index in [1.54, 1.807) is 31.2 Å². The molecule has 0 saturated heterocycles. The van der Waals surface area contributed by atoms with E-state index < -0.39 is 17.0 Å². The third-order valence-electron chi connectivity index (χ3n) is 3.54. The molecule has 1 atom stereocenters. The van der Waals surface area contributed by atoms with Gasteiger partial charge in [-0.15, -0.1) is 10.2 Å². The van der Waals surface area contributed by atoms with Crippen LogP contribution in [0.1, 0.15) is 22.8 Å². The van der Waals surface area contributed by atoms with Gasteiger partial charge in [-0.25, -0.2) is 0 Å². The van der Waals surface area contributed by atoms with Crippen LogP contribution in [-0.4, -0.2) is 25.6 Å². The Kier molecular flexibility index (Phi) is 5.18. The second kappa shape index (κ2) is 7.09. The van der Waals surface area contributed by atoms with Crippen molar-refractivity contribution >= 4 is 46.4 Å². The summed E-state index contributed by atoms with van der Waals surface area (Å²) in [4.78, 5) is 12.5. The average molecular weight is 420 g/mol. The first kappa shape index (κ1) is 19.0. The molecule has 0 fully saturated rings. The van der Waals surface area contributed by atoms with Gasteiger partial charge >= 0.3 is 6.18 Å². The highest BCUT2D eigenvalue weighted by atomic mass is 35.5. The number of hydrogen-bond acceptors (Lipinski definition) is 4. The molecule has 0 bridgehead atoms. The van der Waals surface area contributed by atoms with E-state index in [-0.39, 0.29) is 21.6 Å². The molecule has 0 aliphatic rings. The maximum Gasteiger partial charge on any atom is 0.417 e. The third kappa shape index (κ3) is 3.82. The smallest absolute Gasteiger partial charge is 0.293 e. The van der Waals surface area contributed by atoms with Gasteiger partial charge in [0, 0.05) is 16.8 Å². The largest absolute Gasteiger partial charge is 0.417 e. The topological polar surface area (TPSA) is 47.3 Å². The highest BCUT2D eigenvalue weighted by molar-refractivity contribution is 8.00. The molecule has 2 heterocycles. The fraction of sp³-hybridized carbons (Fsp3) is 0.188. The van der Waals surface area contributed by atoms with Crippen LogP contribution in [0.3, 0.4) is 0 Å². The van der Waals surface area contributed by atoms with Gasteiger partial charge < -0.3 is 0 Å². The minimum atomic E-state index is -4.56. The van der Waals surface area contributed by atoms with E-state index in [0.717, 1.165) is 28.4 Å². The summed E-state index contributed by atoms with van der Waals surface area (Å²) in [5.41, 5.74) is -0.390. The van der Waals surface area contributed by atoms with Gasteiger partial charge in [-0.05, 0) is 37.3 Å². The number of hydrogen-bond donors (Lipinski definition) is 0. The number of Topliss-reactive ketones (excluding diaryl/α,β-unsaturated/α-hetero) is 1. The Morgan fingerprint density at radius 1 is 1.19 bits per heavy atom. The van der Waals surface area contributed by atoms with Gasteiger partial charge in [-0.1, -0.05) is 35.0 Å². The SMILES string of the molecule is CC(Sc1nnc2c(Cl)cc(C(F)(F)F)cn12)C(=O)c1ccc(Cl)cc1. The molecule has 136 valence electrons. The highest BCUT2D eigenvalue weighted by Gasteiger charge is 2.32. The summed E-state index contributed by atoms with van der Waals surface area (Å²) in [5, 5.41) is 7.53. The molecule has 0 aliphatic carbocycles. The third-order valence-corrected chi connectivity index (χ3v) is 5.12. The van der Waals surface area contributed by atoms with Gasteiger partial charge in [0.1, 0.15) is 0 Å². The van der Waals surface area contributed by atoms with E-state index >= 15 is 0 Å². The normalized spacial score (nSPS) is 13.2. The van der Waals surface area contributed by atoms with E-state index in [9.17, 15) is 18.0 Å². The Bertz CT molecular complexity index is 973. The Morgan fingerprint density at radius 3 is 2.46 bits per heavy atom. The number of fused-ring (bicyclic) bond motifs is 1. The first-order chi connectivity index (χ1) is 12.2. The number of ketones is 1. The molecule has 0 radical (unpaired) electrons. The van der Waals surface area contributed by atoms with Gasteiger partial charge in [0.25, 0.3) is 0 Å². The lowest BCUT2D eigenvalue weighted by Crippen LogP contribution is -2.14. The number of aromatic nitrogens is 3. The number of halogens is 5. The van der Waals surface area contributed by atoms with E-state index in [1.807, 2.05) is 0 Å². The molecule has 26 heavy (non-hydrogen) atoms. The molecule has 0 spiro atoms.